The lowest BCUT2D eigenvalue weighted by Crippen LogP contribution is -2.36. The van der Waals surface area contributed by atoms with E-state index in [0.717, 1.165) is 5.56 Å². The smallest absolute Gasteiger partial charge is 0.387 e. The van der Waals surface area contributed by atoms with Gasteiger partial charge in [-0.2, -0.15) is 8.78 Å². The molecule has 1 heterocycles. The number of methoxy groups -OCH3 is 1. The molecular formula is C22H24F2N4O3. The summed E-state index contributed by atoms with van der Waals surface area (Å²) in [6, 6.07) is 16.1. The Morgan fingerprint density at radius 2 is 1.94 bits per heavy atom. The third-order valence-corrected chi connectivity index (χ3v) is 4.29. The average molecular weight is 430 g/mol. The molecule has 1 aromatic heterocycles. The molecule has 0 radical (unpaired) electrons. The molecule has 0 atom stereocenters. The Balaban J connectivity index is 1.69. The van der Waals surface area contributed by atoms with Gasteiger partial charge < -0.3 is 24.6 Å². The summed E-state index contributed by atoms with van der Waals surface area (Å²) in [4.78, 5) is 4.46. The van der Waals surface area contributed by atoms with E-state index in [2.05, 4.69) is 25.5 Å². The highest BCUT2D eigenvalue weighted by Crippen LogP contribution is 2.26. The molecule has 164 valence electrons. The zero-order valence-corrected chi connectivity index (χ0v) is 17.3. The Labute approximate surface area is 179 Å². The van der Waals surface area contributed by atoms with E-state index >= 15 is 0 Å². The first-order chi connectivity index (χ1) is 15.1. The molecule has 0 spiro atoms. The number of halogens is 2. The summed E-state index contributed by atoms with van der Waals surface area (Å²) in [7, 11) is 1.50. The molecule has 7 nitrogen and oxygen atoms in total. The van der Waals surface area contributed by atoms with E-state index in [9.17, 15) is 8.78 Å². The zero-order valence-electron chi connectivity index (χ0n) is 17.3. The van der Waals surface area contributed by atoms with Gasteiger partial charge in [0.25, 0.3) is 0 Å². The zero-order chi connectivity index (χ0) is 22.1. The van der Waals surface area contributed by atoms with E-state index in [0.29, 0.717) is 41.8 Å². The Morgan fingerprint density at radius 3 is 2.65 bits per heavy atom. The van der Waals surface area contributed by atoms with E-state index in [1.54, 1.807) is 12.1 Å². The number of alkyl halides is 2. The Hall–Kier alpha value is -3.62. The second-order valence-electron chi connectivity index (χ2n) is 6.45. The summed E-state index contributed by atoms with van der Waals surface area (Å²) in [5, 5.41) is 10.3. The third kappa shape index (κ3) is 6.43. The first-order valence-electron chi connectivity index (χ1n) is 9.74. The summed E-state index contributed by atoms with van der Waals surface area (Å²) in [6.45, 7) is 0.118. The molecule has 0 aliphatic carbocycles. The maximum atomic E-state index is 12.7. The SMILES string of the molecule is CCNC(=NCc1cc(OC)ccc1OC(F)F)NCc1cc(-c2ccccc2)on1. The predicted octanol–water partition coefficient (Wildman–Crippen LogP) is 4.21. The molecule has 0 amide bonds. The number of aromatic nitrogens is 1. The Bertz CT molecular complexity index is 993. The molecule has 0 saturated carbocycles. The summed E-state index contributed by atoms with van der Waals surface area (Å²) in [5.74, 6) is 1.75. The molecule has 0 aliphatic heterocycles. The molecular weight excluding hydrogens is 406 g/mol. The van der Waals surface area contributed by atoms with Crippen molar-refractivity contribution in [1.82, 2.24) is 15.8 Å². The van der Waals surface area contributed by atoms with E-state index in [-0.39, 0.29) is 12.3 Å². The van der Waals surface area contributed by atoms with Gasteiger partial charge in [-0.1, -0.05) is 35.5 Å². The highest BCUT2D eigenvalue weighted by molar-refractivity contribution is 5.79. The molecule has 0 fully saturated rings. The third-order valence-electron chi connectivity index (χ3n) is 4.29. The van der Waals surface area contributed by atoms with Crippen LogP contribution in [0.2, 0.25) is 0 Å². The number of nitrogens with zero attached hydrogens (tertiary/aromatic N) is 2. The summed E-state index contributed by atoms with van der Waals surface area (Å²) >= 11 is 0. The van der Waals surface area contributed by atoms with Crippen LogP contribution in [0.4, 0.5) is 8.78 Å². The number of nitrogens with one attached hydrogen (secondary N) is 2. The van der Waals surface area contributed by atoms with Crippen LogP contribution in [-0.2, 0) is 13.1 Å². The highest BCUT2D eigenvalue weighted by Gasteiger charge is 2.12. The van der Waals surface area contributed by atoms with Crippen molar-refractivity contribution in [3.8, 4) is 22.8 Å². The fourth-order valence-corrected chi connectivity index (χ4v) is 2.83. The van der Waals surface area contributed by atoms with Gasteiger partial charge in [-0.15, -0.1) is 0 Å². The topological polar surface area (TPSA) is 80.9 Å². The van der Waals surface area contributed by atoms with Gasteiger partial charge in [-0.3, -0.25) is 0 Å². The van der Waals surface area contributed by atoms with Crippen molar-refractivity contribution in [2.24, 2.45) is 4.99 Å². The summed E-state index contributed by atoms with van der Waals surface area (Å²) < 4.78 is 40.6. The minimum atomic E-state index is -2.92. The van der Waals surface area contributed by atoms with Crippen LogP contribution in [0.15, 0.2) is 64.1 Å². The fourth-order valence-electron chi connectivity index (χ4n) is 2.83. The lowest BCUT2D eigenvalue weighted by Gasteiger charge is -2.13. The van der Waals surface area contributed by atoms with Crippen molar-refractivity contribution in [2.45, 2.75) is 26.6 Å². The lowest BCUT2D eigenvalue weighted by atomic mass is 10.2. The second kappa shape index (κ2) is 11.0. The number of hydrogen-bond acceptors (Lipinski definition) is 5. The van der Waals surface area contributed by atoms with Crippen LogP contribution >= 0.6 is 0 Å². The highest BCUT2D eigenvalue weighted by atomic mass is 19.3. The average Bonchev–Trinajstić information content (AvgIpc) is 3.26. The van der Waals surface area contributed by atoms with Gasteiger partial charge in [-0.05, 0) is 25.1 Å². The van der Waals surface area contributed by atoms with Crippen LogP contribution < -0.4 is 20.1 Å². The van der Waals surface area contributed by atoms with Crippen LogP contribution in [0.3, 0.4) is 0 Å². The van der Waals surface area contributed by atoms with Crippen molar-refractivity contribution in [1.29, 1.82) is 0 Å². The number of aliphatic imine (C=N–C) groups is 1. The van der Waals surface area contributed by atoms with E-state index in [1.807, 2.05) is 43.3 Å². The van der Waals surface area contributed by atoms with Gasteiger partial charge in [0.1, 0.15) is 17.2 Å². The van der Waals surface area contributed by atoms with Gasteiger partial charge in [0.2, 0.25) is 0 Å². The molecule has 2 aromatic carbocycles. The maximum Gasteiger partial charge on any atom is 0.387 e. The van der Waals surface area contributed by atoms with Crippen molar-refractivity contribution >= 4 is 5.96 Å². The number of hydrogen-bond donors (Lipinski definition) is 2. The number of guanidine groups is 1. The number of rotatable bonds is 9. The standard InChI is InChI=1S/C22H24F2N4O3/c1-3-25-22(26-13-16-11-18(29-2)9-10-19(16)30-21(23)24)27-14-17-12-20(31-28-17)15-7-5-4-6-8-15/h4-12,21H,3,13-14H2,1-2H3,(H2,25,26,27). The Morgan fingerprint density at radius 1 is 1.13 bits per heavy atom. The van der Waals surface area contributed by atoms with Crippen molar-refractivity contribution in [2.75, 3.05) is 13.7 Å². The molecule has 9 heteroatoms. The fraction of sp³-hybridized carbons (Fsp3) is 0.273. The molecule has 0 saturated heterocycles. The van der Waals surface area contributed by atoms with Crippen LogP contribution in [0, 0.1) is 0 Å². The molecule has 3 aromatic rings. The van der Waals surface area contributed by atoms with Gasteiger partial charge >= 0.3 is 6.61 Å². The number of benzene rings is 2. The van der Waals surface area contributed by atoms with Crippen LogP contribution in [0.25, 0.3) is 11.3 Å². The van der Waals surface area contributed by atoms with E-state index in [4.69, 9.17) is 9.26 Å². The molecule has 2 N–H and O–H groups in total. The van der Waals surface area contributed by atoms with E-state index < -0.39 is 6.61 Å². The predicted molar refractivity (Wildman–Crippen MR) is 113 cm³/mol. The van der Waals surface area contributed by atoms with Gasteiger partial charge in [0.15, 0.2) is 11.7 Å². The molecule has 0 bridgehead atoms. The van der Waals surface area contributed by atoms with Crippen molar-refractivity contribution < 1.29 is 22.8 Å². The largest absolute Gasteiger partial charge is 0.497 e. The van der Waals surface area contributed by atoms with Crippen molar-refractivity contribution in [3.63, 3.8) is 0 Å². The van der Waals surface area contributed by atoms with Gasteiger partial charge in [-0.25, -0.2) is 4.99 Å². The van der Waals surface area contributed by atoms with Crippen LogP contribution in [0.1, 0.15) is 18.2 Å². The monoisotopic (exact) mass is 430 g/mol. The van der Waals surface area contributed by atoms with Crippen molar-refractivity contribution in [3.05, 3.63) is 65.9 Å². The minimum absolute atomic E-state index is 0.0550. The molecule has 31 heavy (non-hydrogen) atoms. The summed E-state index contributed by atoms with van der Waals surface area (Å²) in [5.41, 5.74) is 2.11. The Kier molecular flexibility index (Phi) is 7.80. The molecule has 0 unspecified atom stereocenters. The van der Waals surface area contributed by atoms with Gasteiger partial charge in [0.05, 0.1) is 20.2 Å². The molecule has 0 aliphatic rings. The van der Waals surface area contributed by atoms with Crippen LogP contribution in [-0.4, -0.2) is 31.4 Å². The molecule has 3 rings (SSSR count). The number of ether oxygens (including phenoxy) is 2. The lowest BCUT2D eigenvalue weighted by molar-refractivity contribution is -0.0504. The first kappa shape index (κ1) is 22.1. The second-order valence-corrected chi connectivity index (χ2v) is 6.45. The van der Waals surface area contributed by atoms with Crippen LogP contribution in [0.5, 0.6) is 11.5 Å². The maximum absolute atomic E-state index is 12.7. The van der Waals surface area contributed by atoms with Gasteiger partial charge in [0, 0.05) is 23.7 Å². The summed E-state index contributed by atoms with van der Waals surface area (Å²) in [6.07, 6.45) is 0. The quantitative estimate of drug-likeness (QED) is 0.391. The first-order valence-corrected chi connectivity index (χ1v) is 9.74. The minimum Gasteiger partial charge on any atom is -0.497 e. The normalized spacial score (nSPS) is 11.5. The van der Waals surface area contributed by atoms with E-state index in [1.165, 1.54) is 13.2 Å².